The van der Waals surface area contributed by atoms with Gasteiger partial charge in [-0.3, -0.25) is 4.79 Å². The first-order valence-electron chi connectivity index (χ1n) is 7.42. The van der Waals surface area contributed by atoms with Gasteiger partial charge in [-0.15, -0.1) is 0 Å². The number of anilines is 2. The SMILES string of the molecule is COc1ccc(NC(=O)CCNc2ccccc2C#N)c(OC)c1. The first kappa shape index (κ1) is 17.2. The Morgan fingerprint density at radius 2 is 1.92 bits per heavy atom. The molecule has 0 heterocycles. The van der Waals surface area contributed by atoms with Gasteiger partial charge in [-0.25, -0.2) is 0 Å². The molecule has 0 unspecified atom stereocenters. The van der Waals surface area contributed by atoms with Crippen LogP contribution in [0.2, 0.25) is 0 Å². The Morgan fingerprint density at radius 3 is 2.62 bits per heavy atom. The van der Waals surface area contributed by atoms with E-state index in [1.54, 1.807) is 37.4 Å². The zero-order chi connectivity index (χ0) is 17.4. The van der Waals surface area contributed by atoms with Crippen LogP contribution in [0.15, 0.2) is 42.5 Å². The first-order chi connectivity index (χ1) is 11.7. The number of hydrogen-bond donors (Lipinski definition) is 2. The maximum Gasteiger partial charge on any atom is 0.226 e. The summed E-state index contributed by atoms with van der Waals surface area (Å²) in [5.41, 5.74) is 1.85. The fraction of sp³-hybridized carbons (Fsp3) is 0.222. The Bertz CT molecular complexity index is 753. The van der Waals surface area contributed by atoms with Crippen LogP contribution in [-0.2, 0) is 4.79 Å². The van der Waals surface area contributed by atoms with Gasteiger partial charge in [0, 0.05) is 19.0 Å². The molecule has 0 bridgehead atoms. The molecule has 124 valence electrons. The van der Waals surface area contributed by atoms with Gasteiger partial charge in [0.25, 0.3) is 0 Å². The highest BCUT2D eigenvalue weighted by Crippen LogP contribution is 2.29. The molecule has 0 fully saturated rings. The summed E-state index contributed by atoms with van der Waals surface area (Å²) in [5, 5.41) is 14.9. The van der Waals surface area contributed by atoms with E-state index in [-0.39, 0.29) is 12.3 Å². The molecule has 24 heavy (non-hydrogen) atoms. The Labute approximate surface area is 141 Å². The number of carbonyl (C=O) groups is 1. The predicted octanol–water partition coefficient (Wildman–Crippen LogP) is 3.02. The van der Waals surface area contributed by atoms with E-state index in [4.69, 9.17) is 14.7 Å². The number of nitrogens with zero attached hydrogens (tertiary/aromatic N) is 1. The van der Waals surface area contributed by atoms with Crippen LogP contribution >= 0.6 is 0 Å². The van der Waals surface area contributed by atoms with Crippen molar-refractivity contribution in [3.8, 4) is 17.6 Å². The van der Waals surface area contributed by atoms with Gasteiger partial charge in [-0.05, 0) is 24.3 Å². The summed E-state index contributed by atoms with van der Waals surface area (Å²) in [6.07, 6.45) is 0.259. The Balaban J connectivity index is 1.91. The number of methoxy groups -OCH3 is 2. The summed E-state index contributed by atoms with van der Waals surface area (Å²) in [6.45, 7) is 0.420. The summed E-state index contributed by atoms with van der Waals surface area (Å²) >= 11 is 0. The maximum absolute atomic E-state index is 12.1. The van der Waals surface area contributed by atoms with Crippen molar-refractivity contribution in [3.63, 3.8) is 0 Å². The van der Waals surface area contributed by atoms with Crippen molar-refractivity contribution in [1.82, 2.24) is 0 Å². The van der Waals surface area contributed by atoms with Crippen LogP contribution in [0.1, 0.15) is 12.0 Å². The Hall–Kier alpha value is -3.20. The van der Waals surface area contributed by atoms with Crippen LogP contribution in [-0.4, -0.2) is 26.7 Å². The number of rotatable bonds is 7. The van der Waals surface area contributed by atoms with E-state index in [0.29, 0.717) is 29.3 Å². The van der Waals surface area contributed by atoms with E-state index in [0.717, 1.165) is 5.69 Å². The quantitative estimate of drug-likeness (QED) is 0.817. The first-order valence-corrected chi connectivity index (χ1v) is 7.42. The minimum Gasteiger partial charge on any atom is -0.497 e. The zero-order valence-corrected chi connectivity index (χ0v) is 13.6. The third-order valence-electron chi connectivity index (χ3n) is 3.40. The van der Waals surface area contributed by atoms with Crippen LogP contribution in [0, 0.1) is 11.3 Å². The van der Waals surface area contributed by atoms with E-state index >= 15 is 0 Å². The number of para-hydroxylation sites is 1. The molecule has 0 aliphatic heterocycles. The monoisotopic (exact) mass is 325 g/mol. The number of ether oxygens (including phenoxy) is 2. The van der Waals surface area contributed by atoms with Crippen molar-refractivity contribution >= 4 is 17.3 Å². The third-order valence-corrected chi connectivity index (χ3v) is 3.40. The van der Waals surface area contributed by atoms with E-state index in [9.17, 15) is 4.79 Å². The molecular weight excluding hydrogens is 306 g/mol. The van der Waals surface area contributed by atoms with Crippen molar-refractivity contribution in [1.29, 1.82) is 5.26 Å². The van der Waals surface area contributed by atoms with Gasteiger partial charge in [-0.2, -0.15) is 5.26 Å². The fourth-order valence-electron chi connectivity index (χ4n) is 2.16. The van der Waals surface area contributed by atoms with Gasteiger partial charge >= 0.3 is 0 Å². The smallest absolute Gasteiger partial charge is 0.226 e. The molecule has 0 saturated heterocycles. The van der Waals surface area contributed by atoms with Crippen LogP contribution < -0.4 is 20.1 Å². The second kappa shape index (κ2) is 8.44. The number of hydrogen-bond acceptors (Lipinski definition) is 5. The van der Waals surface area contributed by atoms with Gasteiger partial charge in [0.05, 0.1) is 31.2 Å². The second-order valence-electron chi connectivity index (χ2n) is 4.95. The molecule has 0 saturated carbocycles. The molecule has 0 radical (unpaired) electrons. The summed E-state index contributed by atoms with van der Waals surface area (Å²) in [6, 6.07) is 14.5. The molecule has 6 nitrogen and oxygen atoms in total. The average molecular weight is 325 g/mol. The lowest BCUT2D eigenvalue weighted by Crippen LogP contribution is -2.17. The van der Waals surface area contributed by atoms with E-state index in [2.05, 4.69) is 16.7 Å². The van der Waals surface area contributed by atoms with Crippen LogP contribution in [0.3, 0.4) is 0 Å². The van der Waals surface area contributed by atoms with Crippen molar-refractivity contribution < 1.29 is 14.3 Å². The predicted molar refractivity (Wildman–Crippen MR) is 92.4 cm³/mol. The van der Waals surface area contributed by atoms with E-state index < -0.39 is 0 Å². The van der Waals surface area contributed by atoms with Crippen LogP contribution in [0.5, 0.6) is 11.5 Å². The van der Waals surface area contributed by atoms with Crippen LogP contribution in [0.25, 0.3) is 0 Å². The second-order valence-corrected chi connectivity index (χ2v) is 4.95. The summed E-state index contributed by atoms with van der Waals surface area (Å²) in [7, 11) is 3.10. The molecule has 2 aromatic carbocycles. The molecule has 1 amide bonds. The topological polar surface area (TPSA) is 83.4 Å². The number of nitriles is 1. The number of amides is 1. The fourth-order valence-corrected chi connectivity index (χ4v) is 2.16. The van der Waals surface area contributed by atoms with E-state index in [1.165, 1.54) is 7.11 Å². The Morgan fingerprint density at radius 1 is 1.12 bits per heavy atom. The highest BCUT2D eigenvalue weighted by molar-refractivity contribution is 5.92. The standard InChI is InChI=1S/C18H19N3O3/c1-23-14-7-8-16(17(11-14)24-2)21-18(22)9-10-20-15-6-4-3-5-13(15)12-19/h3-8,11,20H,9-10H2,1-2H3,(H,21,22). The normalized spacial score (nSPS) is 9.71. The van der Waals surface area contributed by atoms with Gasteiger partial charge in [-0.1, -0.05) is 12.1 Å². The molecule has 6 heteroatoms. The highest BCUT2D eigenvalue weighted by Gasteiger charge is 2.09. The van der Waals surface area contributed by atoms with Gasteiger partial charge < -0.3 is 20.1 Å². The largest absolute Gasteiger partial charge is 0.497 e. The molecule has 0 aromatic heterocycles. The third kappa shape index (κ3) is 4.40. The summed E-state index contributed by atoms with van der Waals surface area (Å²) < 4.78 is 10.4. The number of carbonyl (C=O) groups excluding carboxylic acids is 1. The number of benzene rings is 2. The van der Waals surface area contributed by atoms with Gasteiger partial charge in [0.15, 0.2) is 0 Å². The molecular formula is C18H19N3O3. The zero-order valence-electron chi connectivity index (χ0n) is 13.6. The number of nitrogens with one attached hydrogen (secondary N) is 2. The molecule has 2 rings (SSSR count). The lowest BCUT2D eigenvalue weighted by Gasteiger charge is -2.12. The summed E-state index contributed by atoms with van der Waals surface area (Å²) in [4.78, 5) is 12.1. The molecule has 0 aliphatic carbocycles. The summed E-state index contributed by atoms with van der Waals surface area (Å²) in [5.74, 6) is 1.03. The van der Waals surface area contributed by atoms with Crippen molar-refractivity contribution in [2.24, 2.45) is 0 Å². The molecule has 2 N–H and O–H groups in total. The van der Waals surface area contributed by atoms with Crippen molar-refractivity contribution in [2.75, 3.05) is 31.4 Å². The molecule has 0 aliphatic rings. The average Bonchev–Trinajstić information content (AvgIpc) is 2.62. The minimum absolute atomic E-state index is 0.152. The lowest BCUT2D eigenvalue weighted by molar-refractivity contribution is -0.116. The van der Waals surface area contributed by atoms with Crippen molar-refractivity contribution in [2.45, 2.75) is 6.42 Å². The maximum atomic E-state index is 12.1. The lowest BCUT2D eigenvalue weighted by atomic mass is 10.2. The van der Waals surface area contributed by atoms with E-state index in [1.807, 2.05) is 12.1 Å². The minimum atomic E-state index is -0.152. The van der Waals surface area contributed by atoms with Crippen LogP contribution in [0.4, 0.5) is 11.4 Å². The van der Waals surface area contributed by atoms with Gasteiger partial charge in [0.1, 0.15) is 17.6 Å². The Kier molecular flexibility index (Phi) is 6.03. The van der Waals surface area contributed by atoms with Gasteiger partial charge in [0.2, 0.25) is 5.91 Å². The van der Waals surface area contributed by atoms with Crippen molar-refractivity contribution in [3.05, 3.63) is 48.0 Å². The molecule has 2 aromatic rings. The molecule has 0 atom stereocenters. The molecule has 0 spiro atoms. The highest BCUT2D eigenvalue weighted by atomic mass is 16.5.